The Hall–Kier alpha value is -2.91. The molecule has 0 bridgehead atoms. The van der Waals surface area contributed by atoms with Crippen molar-refractivity contribution in [3.05, 3.63) is 27.6 Å². The second kappa shape index (κ2) is 7.03. The average Bonchev–Trinajstić information content (AvgIpc) is 2.82. The number of methoxy groups -OCH3 is 1. The minimum Gasteiger partial charge on any atom is -0.475 e. The molecule has 114 valence electrons. The molecule has 21 heavy (non-hydrogen) atoms. The SMILES string of the molecule is CCOC(=O)/C=C(\C)NC(=O)c1[nH]nc(OC)c1[N+](=O)[O-]. The number of hydrogen-bond acceptors (Lipinski definition) is 7. The van der Waals surface area contributed by atoms with Crippen LogP contribution in [0.4, 0.5) is 5.69 Å². The molecule has 1 aromatic heterocycles. The Morgan fingerprint density at radius 3 is 2.71 bits per heavy atom. The van der Waals surface area contributed by atoms with Crippen LogP contribution in [-0.2, 0) is 9.53 Å². The van der Waals surface area contributed by atoms with Gasteiger partial charge in [0, 0.05) is 11.8 Å². The van der Waals surface area contributed by atoms with E-state index in [2.05, 4.69) is 25.0 Å². The number of rotatable bonds is 6. The van der Waals surface area contributed by atoms with Crippen molar-refractivity contribution in [2.75, 3.05) is 13.7 Å². The Morgan fingerprint density at radius 2 is 2.19 bits per heavy atom. The van der Waals surface area contributed by atoms with Gasteiger partial charge in [-0.2, -0.15) is 0 Å². The summed E-state index contributed by atoms with van der Waals surface area (Å²) in [5.74, 6) is -1.76. The number of carbonyl (C=O) groups excluding carboxylic acids is 2. The third-order valence-electron chi connectivity index (χ3n) is 2.24. The van der Waals surface area contributed by atoms with Crippen LogP contribution in [0.2, 0.25) is 0 Å². The molecule has 0 fully saturated rings. The molecule has 1 rings (SSSR count). The van der Waals surface area contributed by atoms with Crippen LogP contribution in [0.3, 0.4) is 0 Å². The molecule has 10 nitrogen and oxygen atoms in total. The molecule has 2 N–H and O–H groups in total. The lowest BCUT2D eigenvalue weighted by Gasteiger charge is -2.03. The normalized spacial score (nSPS) is 10.9. The van der Waals surface area contributed by atoms with Crippen molar-refractivity contribution >= 4 is 17.6 Å². The van der Waals surface area contributed by atoms with Crippen LogP contribution in [0.25, 0.3) is 0 Å². The Bertz CT molecular complexity index is 592. The summed E-state index contributed by atoms with van der Waals surface area (Å²) >= 11 is 0. The Kier molecular flexibility index (Phi) is 5.40. The van der Waals surface area contributed by atoms with Crippen molar-refractivity contribution in [3.63, 3.8) is 0 Å². The molecule has 0 aliphatic carbocycles. The molecule has 0 unspecified atom stereocenters. The van der Waals surface area contributed by atoms with Gasteiger partial charge >= 0.3 is 17.5 Å². The van der Waals surface area contributed by atoms with Crippen molar-refractivity contribution in [2.24, 2.45) is 0 Å². The van der Waals surface area contributed by atoms with E-state index in [0.29, 0.717) is 0 Å². The van der Waals surface area contributed by atoms with Gasteiger partial charge in [-0.15, -0.1) is 5.10 Å². The molecule has 0 aromatic carbocycles. The van der Waals surface area contributed by atoms with Crippen LogP contribution >= 0.6 is 0 Å². The third-order valence-corrected chi connectivity index (χ3v) is 2.24. The molecule has 0 aliphatic heterocycles. The number of ether oxygens (including phenoxy) is 2. The number of hydrogen-bond donors (Lipinski definition) is 2. The zero-order chi connectivity index (χ0) is 16.0. The average molecular weight is 298 g/mol. The van der Waals surface area contributed by atoms with Crippen molar-refractivity contribution in [3.8, 4) is 5.88 Å². The Labute approximate surface area is 119 Å². The molecule has 1 aromatic rings. The molecule has 1 heterocycles. The first-order valence-corrected chi connectivity index (χ1v) is 5.83. The number of nitrogens with zero attached hydrogens (tertiary/aromatic N) is 2. The summed E-state index contributed by atoms with van der Waals surface area (Å²) in [6.45, 7) is 3.27. The molecule has 0 spiro atoms. The fraction of sp³-hybridized carbons (Fsp3) is 0.364. The third kappa shape index (κ3) is 4.03. The smallest absolute Gasteiger partial charge is 0.362 e. The van der Waals surface area contributed by atoms with E-state index in [9.17, 15) is 19.7 Å². The molecule has 0 atom stereocenters. The van der Waals surface area contributed by atoms with Gasteiger partial charge < -0.3 is 14.8 Å². The van der Waals surface area contributed by atoms with E-state index in [4.69, 9.17) is 0 Å². The zero-order valence-electron chi connectivity index (χ0n) is 11.6. The Balaban J connectivity index is 2.93. The maximum atomic E-state index is 11.9. The number of esters is 1. The molecule has 0 radical (unpaired) electrons. The summed E-state index contributed by atoms with van der Waals surface area (Å²) in [7, 11) is 1.19. The molecule has 0 saturated carbocycles. The first kappa shape index (κ1) is 16.1. The highest BCUT2D eigenvalue weighted by atomic mass is 16.6. The van der Waals surface area contributed by atoms with Crippen molar-refractivity contribution in [1.82, 2.24) is 15.5 Å². The van der Waals surface area contributed by atoms with Gasteiger partial charge in [-0.25, -0.2) is 4.79 Å². The summed E-state index contributed by atoms with van der Waals surface area (Å²) in [6.07, 6.45) is 1.06. The molecule has 1 amide bonds. The van der Waals surface area contributed by atoms with Gasteiger partial charge in [-0.05, 0) is 13.8 Å². The molecule has 10 heteroatoms. The highest BCUT2D eigenvalue weighted by molar-refractivity contribution is 5.98. The minimum absolute atomic E-state index is 0.168. The number of H-pyrrole nitrogens is 1. The molecular formula is C11H14N4O6. The van der Waals surface area contributed by atoms with E-state index in [-0.39, 0.29) is 23.9 Å². The lowest BCUT2D eigenvalue weighted by Crippen LogP contribution is -2.23. The monoisotopic (exact) mass is 298 g/mol. The van der Waals surface area contributed by atoms with Crippen LogP contribution in [0, 0.1) is 10.1 Å². The maximum Gasteiger partial charge on any atom is 0.362 e. The first-order chi connectivity index (χ1) is 9.90. The van der Waals surface area contributed by atoms with Gasteiger partial charge in [0.2, 0.25) is 5.69 Å². The van der Waals surface area contributed by atoms with Gasteiger partial charge in [-0.1, -0.05) is 0 Å². The largest absolute Gasteiger partial charge is 0.475 e. The number of nitrogens with one attached hydrogen (secondary N) is 2. The van der Waals surface area contributed by atoms with Gasteiger partial charge in [0.25, 0.3) is 5.91 Å². The highest BCUT2D eigenvalue weighted by Gasteiger charge is 2.30. The van der Waals surface area contributed by atoms with Crippen molar-refractivity contribution in [2.45, 2.75) is 13.8 Å². The van der Waals surface area contributed by atoms with Crippen LogP contribution in [0.15, 0.2) is 11.8 Å². The summed E-state index contributed by atoms with van der Waals surface area (Å²) < 4.78 is 9.35. The molecule has 0 aliphatic rings. The lowest BCUT2D eigenvalue weighted by molar-refractivity contribution is -0.386. The Morgan fingerprint density at radius 1 is 1.52 bits per heavy atom. The molecular weight excluding hydrogens is 284 g/mol. The second-order valence-corrected chi connectivity index (χ2v) is 3.75. The lowest BCUT2D eigenvalue weighted by atomic mass is 10.3. The van der Waals surface area contributed by atoms with Gasteiger partial charge in [-0.3, -0.25) is 20.0 Å². The predicted octanol–water partition coefficient (Wildman–Crippen LogP) is 0.523. The fourth-order valence-corrected chi connectivity index (χ4v) is 1.43. The van der Waals surface area contributed by atoms with Gasteiger partial charge in [0.15, 0.2) is 0 Å². The zero-order valence-corrected chi connectivity index (χ0v) is 11.6. The summed E-state index contributed by atoms with van der Waals surface area (Å²) in [5, 5.41) is 19.0. The fourth-order valence-electron chi connectivity index (χ4n) is 1.43. The topological polar surface area (TPSA) is 136 Å². The number of aromatic amines is 1. The van der Waals surface area contributed by atoms with Crippen LogP contribution in [0.1, 0.15) is 24.3 Å². The van der Waals surface area contributed by atoms with Gasteiger partial charge in [0.05, 0.1) is 18.6 Å². The number of nitro groups is 1. The van der Waals surface area contributed by atoms with E-state index in [1.54, 1.807) is 6.92 Å². The number of allylic oxidation sites excluding steroid dienone is 1. The summed E-state index contributed by atoms with van der Waals surface area (Å²) in [5.41, 5.74) is -0.797. The van der Waals surface area contributed by atoms with E-state index in [0.717, 1.165) is 6.08 Å². The van der Waals surface area contributed by atoms with E-state index < -0.39 is 22.5 Å². The highest BCUT2D eigenvalue weighted by Crippen LogP contribution is 2.27. The number of amides is 1. The van der Waals surface area contributed by atoms with E-state index >= 15 is 0 Å². The number of aromatic nitrogens is 2. The van der Waals surface area contributed by atoms with Crippen molar-refractivity contribution < 1.29 is 24.0 Å². The summed E-state index contributed by atoms with van der Waals surface area (Å²) in [6, 6.07) is 0. The minimum atomic E-state index is -0.824. The quantitative estimate of drug-likeness (QED) is 0.338. The van der Waals surface area contributed by atoms with Crippen LogP contribution < -0.4 is 10.1 Å². The van der Waals surface area contributed by atoms with E-state index in [1.807, 2.05) is 0 Å². The van der Waals surface area contributed by atoms with Crippen LogP contribution in [-0.4, -0.2) is 40.7 Å². The van der Waals surface area contributed by atoms with Crippen molar-refractivity contribution in [1.29, 1.82) is 0 Å². The maximum absolute atomic E-state index is 11.9. The second-order valence-electron chi connectivity index (χ2n) is 3.75. The predicted molar refractivity (Wildman–Crippen MR) is 69.7 cm³/mol. The summed E-state index contributed by atoms with van der Waals surface area (Å²) in [4.78, 5) is 33.2. The van der Waals surface area contributed by atoms with E-state index in [1.165, 1.54) is 14.0 Å². The first-order valence-electron chi connectivity index (χ1n) is 5.83. The molecule has 0 saturated heterocycles. The van der Waals surface area contributed by atoms with Gasteiger partial charge in [0.1, 0.15) is 0 Å². The van der Waals surface area contributed by atoms with Crippen LogP contribution in [0.5, 0.6) is 5.88 Å². The number of carbonyl (C=O) groups is 2. The standard InChI is InChI=1S/C11H14N4O6/c1-4-21-7(16)5-6(2)12-10(17)8-9(15(18)19)11(20-3)14-13-8/h5H,4H2,1-3H3,(H,12,17)(H,13,14)/b6-5+.